The van der Waals surface area contributed by atoms with Crippen molar-refractivity contribution < 1.29 is 9.59 Å². The van der Waals surface area contributed by atoms with Crippen LogP contribution in [0.5, 0.6) is 0 Å². The van der Waals surface area contributed by atoms with Crippen molar-refractivity contribution in [2.45, 2.75) is 37.0 Å². The van der Waals surface area contributed by atoms with E-state index in [1.807, 2.05) is 11.7 Å². The summed E-state index contributed by atoms with van der Waals surface area (Å²) in [5, 5.41) is 3.13. The minimum absolute atomic E-state index is 0.0959. The van der Waals surface area contributed by atoms with Crippen molar-refractivity contribution in [1.82, 2.24) is 10.7 Å². The van der Waals surface area contributed by atoms with Crippen molar-refractivity contribution in [2.24, 2.45) is 5.84 Å². The van der Waals surface area contributed by atoms with E-state index >= 15 is 0 Å². The summed E-state index contributed by atoms with van der Waals surface area (Å²) in [4.78, 5) is 22.2. The Morgan fingerprint density at radius 2 is 1.93 bits per heavy atom. The molecule has 2 amide bonds. The fourth-order valence-corrected chi connectivity index (χ4v) is 2.78. The van der Waals surface area contributed by atoms with Gasteiger partial charge in [-0.15, -0.1) is 0 Å². The van der Waals surface area contributed by atoms with Crippen LogP contribution in [0.15, 0.2) is 0 Å². The zero-order valence-electron chi connectivity index (χ0n) is 8.79. The fourth-order valence-electron chi connectivity index (χ4n) is 1.84. The highest BCUT2D eigenvalue weighted by atomic mass is 32.2. The largest absolute Gasteiger partial charge is 0.344 e. The summed E-state index contributed by atoms with van der Waals surface area (Å²) in [6, 6.07) is 0.0959. The lowest BCUT2D eigenvalue weighted by atomic mass is 9.95. The molecule has 1 fully saturated rings. The molecule has 2 unspecified atom stereocenters. The maximum Gasteiger partial charge on any atom is 0.323 e. The number of hydrogen-bond donors (Lipinski definition) is 3. The van der Waals surface area contributed by atoms with Crippen molar-refractivity contribution in [2.75, 3.05) is 6.26 Å². The molecule has 1 saturated carbocycles. The van der Waals surface area contributed by atoms with E-state index in [1.165, 1.54) is 6.42 Å². The van der Waals surface area contributed by atoms with Gasteiger partial charge in [-0.25, -0.2) is 5.84 Å². The van der Waals surface area contributed by atoms with Crippen LogP contribution in [0.25, 0.3) is 0 Å². The van der Waals surface area contributed by atoms with Crippen LogP contribution in [0.3, 0.4) is 0 Å². The molecule has 1 aliphatic carbocycles. The van der Waals surface area contributed by atoms with Crippen LogP contribution in [0.4, 0.5) is 0 Å². The molecule has 0 radical (unpaired) electrons. The zero-order valence-corrected chi connectivity index (χ0v) is 9.60. The molecule has 0 heterocycles. The number of rotatable bonds is 2. The average Bonchev–Trinajstić information content (AvgIpc) is 2.28. The molecule has 0 aliphatic heterocycles. The van der Waals surface area contributed by atoms with Gasteiger partial charge in [-0.1, -0.05) is 12.8 Å². The van der Waals surface area contributed by atoms with Crippen LogP contribution in [-0.2, 0) is 9.59 Å². The minimum atomic E-state index is -0.777. The van der Waals surface area contributed by atoms with Crippen LogP contribution < -0.4 is 16.6 Å². The van der Waals surface area contributed by atoms with Gasteiger partial charge >= 0.3 is 11.8 Å². The van der Waals surface area contributed by atoms with Crippen molar-refractivity contribution >= 4 is 23.6 Å². The number of carbonyl (C=O) groups excluding carboxylic acids is 2. The first kappa shape index (κ1) is 12.3. The number of nitrogens with two attached hydrogens (primary N) is 1. The summed E-state index contributed by atoms with van der Waals surface area (Å²) in [6.45, 7) is 0. The van der Waals surface area contributed by atoms with E-state index in [9.17, 15) is 9.59 Å². The Balaban J connectivity index is 2.47. The second-order valence-corrected chi connectivity index (χ2v) is 4.69. The van der Waals surface area contributed by atoms with Gasteiger partial charge in [0.15, 0.2) is 0 Å². The Kier molecular flexibility index (Phi) is 4.90. The van der Waals surface area contributed by atoms with E-state index in [2.05, 4.69) is 5.32 Å². The van der Waals surface area contributed by atoms with E-state index in [1.54, 1.807) is 11.8 Å². The summed E-state index contributed by atoms with van der Waals surface area (Å²) < 4.78 is 0. The molecule has 0 spiro atoms. The second kappa shape index (κ2) is 5.97. The summed E-state index contributed by atoms with van der Waals surface area (Å²) in [7, 11) is 0. The molecular weight excluding hydrogens is 214 g/mol. The Morgan fingerprint density at radius 1 is 1.27 bits per heavy atom. The van der Waals surface area contributed by atoms with Gasteiger partial charge in [-0.3, -0.25) is 15.0 Å². The molecule has 6 heteroatoms. The maximum atomic E-state index is 11.3. The third-order valence-corrected chi connectivity index (χ3v) is 3.83. The lowest BCUT2D eigenvalue weighted by molar-refractivity contribution is -0.139. The van der Waals surface area contributed by atoms with Crippen LogP contribution in [0.2, 0.25) is 0 Å². The summed E-state index contributed by atoms with van der Waals surface area (Å²) >= 11 is 1.74. The van der Waals surface area contributed by atoms with Crippen LogP contribution in [-0.4, -0.2) is 29.4 Å². The van der Waals surface area contributed by atoms with Gasteiger partial charge in [0.25, 0.3) is 0 Å². The highest BCUT2D eigenvalue weighted by molar-refractivity contribution is 7.99. The van der Waals surface area contributed by atoms with E-state index in [4.69, 9.17) is 5.84 Å². The van der Waals surface area contributed by atoms with Crippen molar-refractivity contribution in [3.63, 3.8) is 0 Å². The first-order valence-electron chi connectivity index (χ1n) is 5.03. The zero-order chi connectivity index (χ0) is 11.3. The lowest BCUT2D eigenvalue weighted by Gasteiger charge is -2.30. The van der Waals surface area contributed by atoms with Gasteiger partial charge in [-0.05, 0) is 19.1 Å². The number of nitrogens with one attached hydrogen (secondary N) is 2. The van der Waals surface area contributed by atoms with Gasteiger partial charge in [0.1, 0.15) is 0 Å². The normalized spacial score (nSPS) is 25.7. The number of carbonyl (C=O) groups is 2. The summed E-state index contributed by atoms with van der Waals surface area (Å²) in [6.07, 6.45) is 6.36. The van der Waals surface area contributed by atoms with Crippen molar-refractivity contribution in [3.8, 4) is 0 Å². The molecule has 86 valence electrons. The topological polar surface area (TPSA) is 84.2 Å². The summed E-state index contributed by atoms with van der Waals surface area (Å²) in [5.74, 6) is 3.47. The Bertz CT molecular complexity index is 248. The Labute approximate surface area is 93.5 Å². The van der Waals surface area contributed by atoms with Crippen molar-refractivity contribution in [3.05, 3.63) is 0 Å². The minimum Gasteiger partial charge on any atom is -0.344 e. The molecule has 0 saturated heterocycles. The predicted molar refractivity (Wildman–Crippen MR) is 60.0 cm³/mol. The van der Waals surface area contributed by atoms with E-state index in [-0.39, 0.29) is 6.04 Å². The van der Waals surface area contributed by atoms with Gasteiger partial charge in [0.2, 0.25) is 0 Å². The SMILES string of the molecule is CSC1CCCCC1NC(=O)C(=O)NN. The molecule has 1 rings (SSSR count). The monoisotopic (exact) mass is 231 g/mol. The first-order chi connectivity index (χ1) is 7.19. The third-order valence-electron chi connectivity index (χ3n) is 2.66. The molecule has 0 aromatic carbocycles. The third kappa shape index (κ3) is 3.39. The highest BCUT2D eigenvalue weighted by Crippen LogP contribution is 2.26. The summed E-state index contributed by atoms with van der Waals surface area (Å²) in [5.41, 5.74) is 1.83. The molecule has 0 bridgehead atoms. The number of thioether (sulfide) groups is 1. The lowest BCUT2D eigenvalue weighted by Crippen LogP contribution is -2.50. The molecule has 15 heavy (non-hydrogen) atoms. The van der Waals surface area contributed by atoms with Gasteiger partial charge < -0.3 is 5.32 Å². The molecule has 2 atom stereocenters. The number of hydrogen-bond acceptors (Lipinski definition) is 4. The first-order valence-corrected chi connectivity index (χ1v) is 6.32. The maximum absolute atomic E-state index is 11.3. The predicted octanol–water partition coefficient (Wildman–Crippen LogP) is -0.233. The van der Waals surface area contributed by atoms with Gasteiger partial charge in [0, 0.05) is 11.3 Å². The van der Waals surface area contributed by atoms with Crippen molar-refractivity contribution in [1.29, 1.82) is 0 Å². The van der Waals surface area contributed by atoms with Gasteiger partial charge in [0.05, 0.1) is 0 Å². The van der Waals surface area contributed by atoms with Gasteiger partial charge in [-0.2, -0.15) is 11.8 Å². The molecule has 0 aromatic heterocycles. The smallest absolute Gasteiger partial charge is 0.323 e. The van der Waals surface area contributed by atoms with Crippen LogP contribution >= 0.6 is 11.8 Å². The van der Waals surface area contributed by atoms with E-state index < -0.39 is 11.8 Å². The molecule has 1 aliphatic rings. The average molecular weight is 231 g/mol. The molecular formula is C9H17N3O2S. The Morgan fingerprint density at radius 3 is 2.53 bits per heavy atom. The Hall–Kier alpha value is -0.750. The number of hydrazine groups is 1. The molecule has 5 nitrogen and oxygen atoms in total. The number of amides is 2. The fraction of sp³-hybridized carbons (Fsp3) is 0.778. The second-order valence-electron chi connectivity index (χ2n) is 3.61. The standard InChI is InChI=1S/C9H17N3O2S/c1-15-7-5-3-2-4-6(7)11-8(13)9(14)12-10/h6-7H,2-5,10H2,1H3,(H,11,13)(H,12,14). The van der Waals surface area contributed by atoms with Crippen LogP contribution in [0.1, 0.15) is 25.7 Å². The quantitative estimate of drug-likeness (QED) is 0.265. The molecule has 0 aromatic rings. The highest BCUT2D eigenvalue weighted by Gasteiger charge is 2.27. The molecule has 4 N–H and O–H groups in total. The van der Waals surface area contributed by atoms with E-state index in [0.29, 0.717) is 5.25 Å². The van der Waals surface area contributed by atoms with E-state index in [0.717, 1.165) is 19.3 Å². The van der Waals surface area contributed by atoms with Crippen LogP contribution in [0, 0.1) is 0 Å².